The van der Waals surface area contributed by atoms with Crippen LogP contribution in [0.25, 0.3) is 0 Å². The first-order valence-electron chi connectivity index (χ1n) is 7.20. The minimum absolute atomic E-state index is 0.0362. The molecule has 0 unspecified atom stereocenters. The van der Waals surface area contributed by atoms with Gasteiger partial charge in [-0.15, -0.1) is 0 Å². The lowest BCUT2D eigenvalue weighted by Gasteiger charge is -2.07. The van der Waals surface area contributed by atoms with E-state index in [2.05, 4.69) is 31.0 Å². The van der Waals surface area contributed by atoms with E-state index in [1.54, 1.807) is 12.1 Å². The Morgan fingerprint density at radius 3 is 2.85 bits per heavy atom. The molecule has 0 aromatic heterocycles. The first-order chi connectivity index (χ1) is 9.63. The monoisotopic (exact) mass is 272 g/mol. The van der Waals surface area contributed by atoms with Gasteiger partial charge in [0.15, 0.2) is 0 Å². The van der Waals surface area contributed by atoms with E-state index in [0.29, 0.717) is 12.1 Å². The molecule has 3 heteroatoms. The highest BCUT2D eigenvalue weighted by Crippen LogP contribution is 2.06. The number of carbonyl (C=O) groups excluding carboxylic acids is 1. The molecular formula is C17H24N2O. The Kier molecular flexibility index (Phi) is 7.46. The smallest absolute Gasteiger partial charge is 0.251 e. The molecule has 1 amide bonds. The highest BCUT2D eigenvalue weighted by Gasteiger charge is 2.04. The van der Waals surface area contributed by atoms with Gasteiger partial charge in [0.25, 0.3) is 5.91 Å². The Bertz CT molecular complexity index is 483. The van der Waals surface area contributed by atoms with Crippen LogP contribution in [0.4, 0.5) is 0 Å². The maximum atomic E-state index is 12.0. The van der Waals surface area contributed by atoms with Gasteiger partial charge in [-0.1, -0.05) is 44.6 Å². The lowest BCUT2D eigenvalue weighted by Crippen LogP contribution is -2.24. The molecule has 0 heterocycles. The van der Waals surface area contributed by atoms with Crippen molar-refractivity contribution in [2.45, 2.75) is 33.1 Å². The average molecular weight is 272 g/mol. The molecule has 0 aliphatic rings. The van der Waals surface area contributed by atoms with E-state index in [0.717, 1.165) is 30.9 Å². The molecule has 0 radical (unpaired) electrons. The number of nitrogens with one attached hydrogen (secondary N) is 1. The molecule has 3 N–H and O–H groups in total. The number of hydrogen-bond acceptors (Lipinski definition) is 2. The summed E-state index contributed by atoms with van der Waals surface area (Å²) in [6.07, 6.45) is 3.39. The van der Waals surface area contributed by atoms with Gasteiger partial charge in [-0.3, -0.25) is 4.79 Å². The van der Waals surface area contributed by atoms with Crippen molar-refractivity contribution >= 4 is 5.91 Å². The summed E-state index contributed by atoms with van der Waals surface area (Å²) in [5.41, 5.74) is 6.81. The van der Waals surface area contributed by atoms with E-state index in [1.807, 2.05) is 12.1 Å². The Balaban J connectivity index is 2.43. The van der Waals surface area contributed by atoms with E-state index in [-0.39, 0.29) is 5.91 Å². The molecule has 0 aliphatic heterocycles. The zero-order valence-electron chi connectivity index (χ0n) is 12.4. The molecule has 1 rings (SSSR count). The number of unbranched alkanes of at least 4 members (excludes halogenated alkanes) is 1. The largest absolute Gasteiger partial charge is 0.352 e. The van der Waals surface area contributed by atoms with Gasteiger partial charge in [0.2, 0.25) is 0 Å². The number of hydrogen-bond donors (Lipinski definition) is 2. The lowest BCUT2D eigenvalue weighted by molar-refractivity contribution is 0.0953. The molecule has 0 fully saturated rings. The van der Waals surface area contributed by atoms with Crippen molar-refractivity contribution in [2.75, 3.05) is 13.1 Å². The summed E-state index contributed by atoms with van der Waals surface area (Å²) in [5, 5.41) is 2.94. The summed E-state index contributed by atoms with van der Waals surface area (Å²) in [6.45, 7) is 5.48. The van der Waals surface area contributed by atoms with Crippen LogP contribution >= 0.6 is 0 Å². The molecular weight excluding hydrogens is 248 g/mol. The first kappa shape index (κ1) is 16.3. The van der Waals surface area contributed by atoms with Gasteiger partial charge in [-0.05, 0) is 30.5 Å². The Morgan fingerprint density at radius 1 is 1.35 bits per heavy atom. The van der Waals surface area contributed by atoms with E-state index in [1.165, 1.54) is 6.42 Å². The molecule has 0 saturated carbocycles. The van der Waals surface area contributed by atoms with E-state index < -0.39 is 0 Å². The highest BCUT2D eigenvalue weighted by molar-refractivity contribution is 5.94. The topological polar surface area (TPSA) is 55.1 Å². The predicted molar refractivity (Wildman–Crippen MR) is 83.4 cm³/mol. The van der Waals surface area contributed by atoms with E-state index in [4.69, 9.17) is 5.73 Å². The van der Waals surface area contributed by atoms with E-state index >= 15 is 0 Å². The van der Waals surface area contributed by atoms with Crippen molar-refractivity contribution in [3.8, 4) is 11.8 Å². The molecule has 1 aromatic rings. The molecule has 3 nitrogen and oxygen atoms in total. The van der Waals surface area contributed by atoms with Crippen LogP contribution in [0.1, 0.15) is 49.0 Å². The van der Waals surface area contributed by atoms with Crippen molar-refractivity contribution in [1.82, 2.24) is 5.32 Å². The second-order valence-electron chi connectivity index (χ2n) is 5.23. The molecule has 0 aliphatic carbocycles. The SMILES string of the molecule is CC(C)CCCCNC(=O)c1cccc(C#CCN)c1. The van der Waals surface area contributed by atoms with Gasteiger partial charge >= 0.3 is 0 Å². The number of carbonyl (C=O) groups is 1. The van der Waals surface area contributed by atoms with Crippen LogP contribution < -0.4 is 11.1 Å². The Hall–Kier alpha value is -1.79. The lowest BCUT2D eigenvalue weighted by atomic mass is 10.1. The molecule has 0 spiro atoms. The minimum Gasteiger partial charge on any atom is -0.352 e. The van der Waals surface area contributed by atoms with Crippen molar-refractivity contribution in [1.29, 1.82) is 0 Å². The zero-order valence-corrected chi connectivity index (χ0v) is 12.4. The van der Waals surface area contributed by atoms with Crippen LogP contribution in [0.2, 0.25) is 0 Å². The van der Waals surface area contributed by atoms with Gasteiger partial charge in [0.05, 0.1) is 6.54 Å². The highest BCUT2D eigenvalue weighted by atomic mass is 16.1. The standard InChI is InChI=1S/C17H24N2O/c1-14(2)7-3-4-12-19-17(20)16-10-5-8-15(13-16)9-6-11-18/h5,8,10,13-14H,3-4,7,11-12,18H2,1-2H3,(H,19,20). The maximum absolute atomic E-state index is 12.0. The fraction of sp³-hybridized carbons (Fsp3) is 0.471. The average Bonchev–Trinajstić information content (AvgIpc) is 2.44. The summed E-state index contributed by atoms with van der Waals surface area (Å²) in [7, 11) is 0. The van der Waals surface area contributed by atoms with Crippen LogP contribution in [0.15, 0.2) is 24.3 Å². The van der Waals surface area contributed by atoms with Crippen molar-refractivity contribution < 1.29 is 4.79 Å². The number of benzene rings is 1. The number of rotatable bonds is 6. The fourth-order valence-corrected chi connectivity index (χ4v) is 1.87. The van der Waals surface area contributed by atoms with Crippen LogP contribution in [0, 0.1) is 17.8 Å². The van der Waals surface area contributed by atoms with Crippen LogP contribution in [0.3, 0.4) is 0 Å². The first-order valence-corrected chi connectivity index (χ1v) is 7.20. The van der Waals surface area contributed by atoms with Gasteiger partial charge < -0.3 is 11.1 Å². The maximum Gasteiger partial charge on any atom is 0.251 e. The van der Waals surface area contributed by atoms with Crippen LogP contribution in [-0.4, -0.2) is 19.0 Å². The van der Waals surface area contributed by atoms with Crippen molar-refractivity contribution in [3.05, 3.63) is 35.4 Å². The Labute approximate surface area is 121 Å². The third kappa shape index (κ3) is 6.40. The molecule has 0 atom stereocenters. The van der Waals surface area contributed by atoms with Gasteiger partial charge in [-0.25, -0.2) is 0 Å². The predicted octanol–water partition coefficient (Wildman–Crippen LogP) is 2.55. The number of nitrogens with two attached hydrogens (primary N) is 1. The summed E-state index contributed by atoms with van der Waals surface area (Å²) in [4.78, 5) is 12.0. The van der Waals surface area contributed by atoms with Crippen molar-refractivity contribution in [3.63, 3.8) is 0 Å². The second kappa shape index (κ2) is 9.17. The van der Waals surface area contributed by atoms with Gasteiger partial charge in [0.1, 0.15) is 0 Å². The van der Waals surface area contributed by atoms with Crippen molar-refractivity contribution in [2.24, 2.45) is 11.7 Å². The Morgan fingerprint density at radius 2 is 2.15 bits per heavy atom. The summed E-state index contributed by atoms with van der Waals surface area (Å²) < 4.78 is 0. The molecule has 1 aromatic carbocycles. The normalized spacial score (nSPS) is 10.0. The summed E-state index contributed by atoms with van der Waals surface area (Å²) >= 11 is 0. The number of amides is 1. The third-order valence-electron chi connectivity index (χ3n) is 2.95. The zero-order chi connectivity index (χ0) is 14.8. The summed E-state index contributed by atoms with van der Waals surface area (Å²) in [6, 6.07) is 7.32. The van der Waals surface area contributed by atoms with Crippen LogP contribution in [0.5, 0.6) is 0 Å². The second-order valence-corrected chi connectivity index (χ2v) is 5.23. The molecule has 20 heavy (non-hydrogen) atoms. The third-order valence-corrected chi connectivity index (χ3v) is 2.95. The fourth-order valence-electron chi connectivity index (χ4n) is 1.87. The van der Waals surface area contributed by atoms with Gasteiger partial charge in [0, 0.05) is 17.7 Å². The molecule has 108 valence electrons. The van der Waals surface area contributed by atoms with Gasteiger partial charge in [-0.2, -0.15) is 0 Å². The molecule has 0 saturated heterocycles. The minimum atomic E-state index is -0.0362. The molecule has 0 bridgehead atoms. The summed E-state index contributed by atoms with van der Waals surface area (Å²) in [5.74, 6) is 6.41. The van der Waals surface area contributed by atoms with E-state index in [9.17, 15) is 4.79 Å². The van der Waals surface area contributed by atoms with Crippen LogP contribution in [-0.2, 0) is 0 Å². The quantitative estimate of drug-likeness (QED) is 0.617.